The van der Waals surface area contributed by atoms with Gasteiger partial charge in [-0.1, -0.05) is 59.6 Å². The van der Waals surface area contributed by atoms with E-state index in [1.807, 2.05) is 0 Å². The van der Waals surface area contributed by atoms with E-state index in [2.05, 4.69) is 0 Å². The lowest BCUT2D eigenvalue weighted by atomic mass is 9.49. The van der Waals surface area contributed by atoms with Gasteiger partial charge in [0.05, 0.1) is 58.6 Å². The van der Waals surface area contributed by atoms with Crippen molar-refractivity contribution in [1.82, 2.24) is 0 Å². The Bertz CT molecular complexity index is 2480. The molecule has 0 radical (unpaired) electrons. The van der Waals surface area contributed by atoms with Crippen LogP contribution in [0.1, 0.15) is 29.9 Å². The molecule has 16 nitrogen and oxygen atoms in total. The number of phenolic OH excluding ortho intramolecular Hbond substituents is 1. The van der Waals surface area contributed by atoms with Crippen LogP contribution in [0.3, 0.4) is 0 Å². The normalized spacial score (nSPS) is 24.6. The van der Waals surface area contributed by atoms with E-state index in [9.17, 15) is 34.9 Å². The number of benzene rings is 4. The molecule has 2 aliphatic heterocycles. The molecule has 17 heteroatoms. The SMILES string of the molecule is COc1cc(O)cc(OC)c1C1C2=CCC3C(=O)N(c4cc([N+](=O)[O-])c(N(C)C)c([N+](=O)[O-])c4)C(=O)C3C2CC2C(=O)N(c3cccc(Cl)c3)C(=O)C21c1ccccc1. The average Bonchev–Trinajstić information content (AvgIpc) is 3.60. The van der Waals surface area contributed by atoms with Crippen LogP contribution in [0, 0.1) is 43.9 Å². The van der Waals surface area contributed by atoms with Gasteiger partial charge in [0.1, 0.15) is 17.2 Å². The number of nitro groups is 2. The summed E-state index contributed by atoms with van der Waals surface area (Å²) in [7, 11) is 5.57. The molecule has 6 unspecified atom stereocenters. The highest BCUT2D eigenvalue weighted by Crippen LogP contribution is 2.66. The number of ether oxygens (including phenoxy) is 2. The number of nitrogens with zero attached hydrogens (tertiary/aromatic N) is 5. The number of anilines is 3. The highest BCUT2D eigenvalue weighted by Gasteiger charge is 2.71. The molecule has 1 saturated carbocycles. The maximum atomic E-state index is 15.6. The molecular weight excluding hydrogens is 786 g/mol. The number of carbonyl (C=O) groups is 4. The van der Waals surface area contributed by atoms with Gasteiger partial charge in [-0.15, -0.1) is 0 Å². The van der Waals surface area contributed by atoms with Crippen molar-refractivity contribution in [2.45, 2.75) is 24.2 Å². The molecule has 302 valence electrons. The molecule has 4 aliphatic rings. The lowest BCUT2D eigenvalue weighted by molar-refractivity contribution is -0.392. The van der Waals surface area contributed by atoms with Crippen LogP contribution in [0.25, 0.3) is 0 Å². The van der Waals surface area contributed by atoms with Gasteiger partial charge in [-0.25, -0.2) is 9.80 Å². The third-order valence-corrected chi connectivity index (χ3v) is 12.4. The van der Waals surface area contributed by atoms with Crippen LogP contribution in [-0.4, -0.2) is 66.9 Å². The van der Waals surface area contributed by atoms with Crippen LogP contribution in [0.5, 0.6) is 17.2 Å². The molecule has 6 atom stereocenters. The Morgan fingerprint density at radius 3 is 1.98 bits per heavy atom. The van der Waals surface area contributed by atoms with Gasteiger partial charge in [-0.05, 0) is 42.5 Å². The Kier molecular flexibility index (Phi) is 9.42. The van der Waals surface area contributed by atoms with Crippen molar-refractivity contribution in [3.05, 3.63) is 127 Å². The Balaban J connectivity index is 1.37. The fourth-order valence-electron chi connectivity index (χ4n) is 9.98. The van der Waals surface area contributed by atoms with Gasteiger partial charge in [0, 0.05) is 54.9 Å². The zero-order valence-corrected chi connectivity index (χ0v) is 32.8. The summed E-state index contributed by atoms with van der Waals surface area (Å²) in [4.78, 5) is 86.0. The summed E-state index contributed by atoms with van der Waals surface area (Å²) < 4.78 is 11.7. The van der Waals surface area contributed by atoms with E-state index < -0.39 is 79.9 Å². The van der Waals surface area contributed by atoms with E-state index in [0.717, 1.165) is 21.9 Å². The van der Waals surface area contributed by atoms with Gasteiger partial charge >= 0.3 is 11.4 Å². The number of amides is 4. The van der Waals surface area contributed by atoms with Gasteiger partial charge in [-0.3, -0.25) is 39.4 Å². The summed E-state index contributed by atoms with van der Waals surface area (Å²) in [6, 6.07) is 19.8. The Labute approximate surface area is 341 Å². The van der Waals surface area contributed by atoms with Crippen LogP contribution < -0.4 is 24.2 Å². The van der Waals surface area contributed by atoms with Crippen molar-refractivity contribution in [2.75, 3.05) is 43.0 Å². The number of aromatic hydroxyl groups is 1. The van der Waals surface area contributed by atoms with E-state index in [-0.39, 0.29) is 52.2 Å². The van der Waals surface area contributed by atoms with Crippen molar-refractivity contribution in [2.24, 2.45) is 23.7 Å². The molecule has 3 fully saturated rings. The van der Waals surface area contributed by atoms with Crippen LogP contribution in [0.15, 0.2) is 90.5 Å². The number of rotatable bonds is 9. The monoisotopic (exact) mass is 821 g/mol. The fourth-order valence-corrected chi connectivity index (χ4v) is 10.2. The minimum atomic E-state index is -1.71. The zero-order chi connectivity index (χ0) is 42.2. The number of imide groups is 2. The second kappa shape index (κ2) is 14.2. The number of hydrogen-bond acceptors (Lipinski definition) is 12. The fraction of sp³-hybridized carbons (Fsp3) is 0.286. The number of fused-ring (bicyclic) bond motifs is 4. The molecule has 2 saturated heterocycles. The lowest BCUT2D eigenvalue weighted by Crippen LogP contribution is -2.53. The first kappa shape index (κ1) is 39.0. The maximum absolute atomic E-state index is 15.6. The second-order valence-electron chi connectivity index (χ2n) is 15.1. The largest absolute Gasteiger partial charge is 0.508 e. The van der Waals surface area contributed by atoms with Crippen LogP contribution >= 0.6 is 11.6 Å². The number of allylic oxidation sites excluding steroid dienone is 2. The number of phenols is 1. The Hall–Kier alpha value is -6.81. The minimum absolute atomic E-state index is 0.0214. The molecule has 4 aromatic carbocycles. The molecule has 0 bridgehead atoms. The van der Waals surface area contributed by atoms with E-state index in [0.29, 0.717) is 16.7 Å². The van der Waals surface area contributed by atoms with Crippen LogP contribution in [-0.2, 0) is 24.6 Å². The highest BCUT2D eigenvalue weighted by molar-refractivity contribution is 6.32. The molecule has 4 aromatic rings. The first-order chi connectivity index (χ1) is 28.2. The molecule has 0 aromatic heterocycles. The Morgan fingerprint density at radius 2 is 1.42 bits per heavy atom. The van der Waals surface area contributed by atoms with E-state index in [1.54, 1.807) is 54.6 Å². The molecule has 4 amide bonds. The lowest BCUT2D eigenvalue weighted by Gasteiger charge is -2.51. The van der Waals surface area contributed by atoms with Crippen LogP contribution in [0.4, 0.5) is 28.4 Å². The number of nitro benzene ring substituents is 2. The van der Waals surface area contributed by atoms with Gasteiger partial charge in [0.2, 0.25) is 23.6 Å². The quantitative estimate of drug-likeness (QED) is 0.0854. The van der Waals surface area contributed by atoms with Crippen molar-refractivity contribution < 1.29 is 43.6 Å². The molecular formula is C42H36ClN5O11. The minimum Gasteiger partial charge on any atom is -0.508 e. The van der Waals surface area contributed by atoms with Crippen molar-refractivity contribution in [1.29, 1.82) is 0 Å². The average molecular weight is 822 g/mol. The van der Waals surface area contributed by atoms with Gasteiger partial charge in [-0.2, -0.15) is 0 Å². The molecule has 2 heterocycles. The number of hydrogen-bond donors (Lipinski definition) is 1. The molecule has 8 rings (SSSR count). The second-order valence-corrected chi connectivity index (χ2v) is 15.5. The van der Waals surface area contributed by atoms with Crippen molar-refractivity contribution in [3.8, 4) is 17.2 Å². The van der Waals surface area contributed by atoms with Crippen molar-refractivity contribution >= 4 is 63.7 Å². The summed E-state index contributed by atoms with van der Waals surface area (Å²) >= 11 is 6.41. The first-order valence-electron chi connectivity index (χ1n) is 18.5. The predicted octanol–water partition coefficient (Wildman–Crippen LogP) is 6.31. The summed E-state index contributed by atoms with van der Waals surface area (Å²) in [6.07, 6.45) is 1.68. The van der Waals surface area contributed by atoms with Crippen LogP contribution in [0.2, 0.25) is 5.02 Å². The zero-order valence-electron chi connectivity index (χ0n) is 32.0. The van der Waals surface area contributed by atoms with Crippen molar-refractivity contribution in [3.63, 3.8) is 0 Å². The van der Waals surface area contributed by atoms with E-state index in [4.69, 9.17) is 21.1 Å². The van der Waals surface area contributed by atoms with Gasteiger partial charge in [0.25, 0.3) is 0 Å². The summed E-state index contributed by atoms with van der Waals surface area (Å²) in [5.41, 5.74) is -2.18. The standard InChI is InChI=1S/C42H36ClN5O11/c1-44(2)37-30(47(54)55)16-24(17-31(37)48(56)57)45-38(50)27-14-13-26-28(34(27)40(45)52)20-29-39(51)46(23-12-8-11-22(43)15-23)41(53)42(29,21-9-6-5-7-10-21)36(26)35-32(58-3)18-25(49)19-33(35)59-4/h5-13,15-19,27-29,34,36,49H,14,20H2,1-4H3. The third kappa shape index (κ3) is 5.64. The number of methoxy groups -OCH3 is 2. The topological polar surface area (TPSA) is 203 Å². The summed E-state index contributed by atoms with van der Waals surface area (Å²) in [5.74, 6) is -7.92. The van der Waals surface area contributed by atoms with Gasteiger partial charge in [0.15, 0.2) is 5.69 Å². The molecule has 1 N–H and O–H groups in total. The summed E-state index contributed by atoms with van der Waals surface area (Å²) in [6.45, 7) is 0. The number of halogens is 1. The Morgan fingerprint density at radius 1 is 0.797 bits per heavy atom. The van der Waals surface area contributed by atoms with Gasteiger partial charge < -0.3 is 19.5 Å². The van der Waals surface area contributed by atoms with E-state index >= 15 is 9.59 Å². The maximum Gasteiger partial charge on any atom is 0.301 e. The predicted molar refractivity (Wildman–Crippen MR) is 214 cm³/mol. The number of carbonyl (C=O) groups excluding carboxylic acids is 4. The third-order valence-electron chi connectivity index (χ3n) is 12.1. The first-order valence-corrected chi connectivity index (χ1v) is 18.9. The van der Waals surface area contributed by atoms with E-state index in [1.165, 1.54) is 51.4 Å². The molecule has 0 spiro atoms. The molecule has 2 aliphatic carbocycles. The highest BCUT2D eigenvalue weighted by atomic mass is 35.5. The summed E-state index contributed by atoms with van der Waals surface area (Å²) in [5, 5.41) is 35.6. The smallest absolute Gasteiger partial charge is 0.301 e. The molecule has 59 heavy (non-hydrogen) atoms.